The molecule has 3 rings (SSSR count). The summed E-state index contributed by atoms with van der Waals surface area (Å²) in [4.78, 5) is 24.2. The highest BCUT2D eigenvalue weighted by Gasteiger charge is 2.22. The Kier molecular flexibility index (Phi) is 5.50. The molecule has 2 aromatic rings. The van der Waals surface area contributed by atoms with Gasteiger partial charge in [-0.3, -0.25) is 14.6 Å². The SMILES string of the molecule is CCC(CO)N1CCN(Cc2nc3ccc(Cl)cc3c(=O)[nH]2)CC1. The normalized spacial score (nSPS) is 18.1. The van der Waals surface area contributed by atoms with E-state index in [0.29, 0.717) is 28.3 Å². The minimum atomic E-state index is -0.150. The average Bonchev–Trinajstić information content (AvgIpc) is 2.58. The lowest BCUT2D eigenvalue weighted by molar-refractivity contribution is 0.0599. The summed E-state index contributed by atoms with van der Waals surface area (Å²) in [6, 6.07) is 5.42. The molecule has 0 spiro atoms. The maximum atomic E-state index is 12.2. The number of benzene rings is 1. The third kappa shape index (κ3) is 3.78. The van der Waals surface area contributed by atoms with Gasteiger partial charge in [0.05, 0.1) is 24.1 Å². The van der Waals surface area contributed by atoms with Gasteiger partial charge >= 0.3 is 0 Å². The maximum Gasteiger partial charge on any atom is 0.258 e. The first-order chi connectivity index (χ1) is 11.6. The number of halogens is 1. The maximum absolute atomic E-state index is 12.2. The van der Waals surface area contributed by atoms with Crippen molar-refractivity contribution in [3.05, 3.63) is 39.4 Å². The van der Waals surface area contributed by atoms with Crippen LogP contribution in [0.1, 0.15) is 19.2 Å². The summed E-state index contributed by atoms with van der Waals surface area (Å²) < 4.78 is 0. The van der Waals surface area contributed by atoms with E-state index in [-0.39, 0.29) is 18.2 Å². The number of nitrogens with one attached hydrogen (secondary N) is 1. The Hall–Kier alpha value is -1.47. The molecule has 1 aliphatic rings. The van der Waals surface area contributed by atoms with Gasteiger partial charge in [0.2, 0.25) is 0 Å². The fourth-order valence-electron chi connectivity index (χ4n) is 3.24. The van der Waals surface area contributed by atoms with Crippen molar-refractivity contribution in [2.45, 2.75) is 25.9 Å². The molecule has 1 atom stereocenters. The summed E-state index contributed by atoms with van der Waals surface area (Å²) in [6.45, 7) is 6.58. The molecule has 0 bridgehead atoms. The van der Waals surface area contributed by atoms with E-state index in [2.05, 4.69) is 26.7 Å². The Morgan fingerprint density at radius 3 is 2.75 bits per heavy atom. The lowest BCUT2D eigenvalue weighted by atomic mass is 10.1. The van der Waals surface area contributed by atoms with Gasteiger partial charge in [-0.05, 0) is 24.6 Å². The fraction of sp³-hybridized carbons (Fsp3) is 0.529. The molecule has 130 valence electrons. The van der Waals surface area contributed by atoms with Crippen molar-refractivity contribution < 1.29 is 5.11 Å². The zero-order valence-electron chi connectivity index (χ0n) is 13.8. The molecule has 0 amide bonds. The van der Waals surface area contributed by atoms with E-state index in [0.717, 1.165) is 32.6 Å². The van der Waals surface area contributed by atoms with Gasteiger partial charge in [-0.1, -0.05) is 18.5 Å². The highest BCUT2D eigenvalue weighted by molar-refractivity contribution is 6.31. The van der Waals surface area contributed by atoms with E-state index < -0.39 is 0 Å². The first kappa shape index (κ1) is 17.4. The molecule has 6 nitrogen and oxygen atoms in total. The second kappa shape index (κ2) is 7.61. The van der Waals surface area contributed by atoms with Gasteiger partial charge in [0.1, 0.15) is 5.82 Å². The second-order valence-electron chi connectivity index (χ2n) is 6.23. The third-order valence-corrected chi connectivity index (χ3v) is 4.93. The van der Waals surface area contributed by atoms with Crippen molar-refractivity contribution in [3.8, 4) is 0 Å². The Morgan fingerprint density at radius 1 is 1.33 bits per heavy atom. The lowest BCUT2D eigenvalue weighted by Gasteiger charge is -2.38. The van der Waals surface area contributed by atoms with Crippen molar-refractivity contribution in [2.24, 2.45) is 0 Å². The number of aliphatic hydroxyl groups is 1. The molecule has 0 saturated carbocycles. The number of hydrogen-bond acceptors (Lipinski definition) is 5. The van der Waals surface area contributed by atoms with Crippen LogP contribution in [0.3, 0.4) is 0 Å². The Labute approximate surface area is 146 Å². The molecular formula is C17H23ClN4O2. The highest BCUT2D eigenvalue weighted by atomic mass is 35.5. The van der Waals surface area contributed by atoms with E-state index in [1.54, 1.807) is 18.2 Å². The van der Waals surface area contributed by atoms with Crippen LogP contribution in [-0.2, 0) is 6.54 Å². The zero-order valence-corrected chi connectivity index (χ0v) is 14.6. The van der Waals surface area contributed by atoms with Crippen molar-refractivity contribution in [1.29, 1.82) is 0 Å². The van der Waals surface area contributed by atoms with Gasteiger partial charge in [-0.25, -0.2) is 4.98 Å². The number of aromatic amines is 1. The van der Waals surface area contributed by atoms with Gasteiger partial charge in [-0.2, -0.15) is 0 Å². The molecule has 1 fully saturated rings. The number of aromatic nitrogens is 2. The minimum absolute atomic E-state index is 0.150. The van der Waals surface area contributed by atoms with E-state index >= 15 is 0 Å². The van der Waals surface area contributed by atoms with E-state index in [1.165, 1.54) is 0 Å². The van der Waals surface area contributed by atoms with Crippen molar-refractivity contribution in [1.82, 2.24) is 19.8 Å². The van der Waals surface area contributed by atoms with Crippen LogP contribution in [0.5, 0.6) is 0 Å². The van der Waals surface area contributed by atoms with Gasteiger partial charge in [-0.15, -0.1) is 0 Å². The number of fused-ring (bicyclic) bond motifs is 1. The van der Waals surface area contributed by atoms with Gasteiger partial charge in [0.25, 0.3) is 5.56 Å². The molecule has 1 aromatic heterocycles. The Morgan fingerprint density at radius 2 is 2.08 bits per heavy atom. The molecule has 1 aromatic carbocycles. The van der Waals surface area contributed by atoms with Crippen LogP contribution in [0, 0.1) is 0 Å². The summed E-state index contributed by atoms with van der Waals surface area (Å²) in [5.74, 6) is 0.678. The van der Waals surface area contributed by atoms with Crippen LogP contribution in [-0.4, -0.2) is 63.7 Å². The highest BCUT2D eigenvalue weighted by Crippen LogP contribution is 2.15. The topological polar surface area (TPSA) is 72.5 Å². The summed E-state index contributed by atoms with van der Waals surface area (Å²) >= 11 is 5.94. The summed E-state index contributed by atoms with van der Waals surface area (Å²) in [5, 5.41) is 10.5. The number of nitrogens with zero attached hydrogens (tertiary/aromatic N) is 3. The first-order valence-corrected chi connectivity index (χ1v) is 8.74. The second-order valence-corrected chi connectivity index (χ2v) is 6.67. The molecular weight excluding hydrogens is 328 g/mol. The van der Waals surface area contributed by atoms with Crippen LogP contribution < -0.4 is 5.56 Å². The van der Waals surface area contributed by atoms with E-state index in [4.69, 9.17) is 11.6 Å². The predicted molar refractivity (Wildman–Crippen MR) is 95.4 cm³/mol. The summed E-state index contributed by atoms with van der Waals surface area (Å²) in [5.41, 5.74) is 0.519. The van der Waals surface area contributed by atoms with Gasteiger partial charge in [0, 0.05) is 37.2 Å². The predicted octanol–water partition coefficient (Wildman–Crippen LogP) is 1.46. The van der Waals surface area contributed by atoms with Crippen LogP contribution in [0.25, 0.3) is 10.9 Å². The number of piperazine rings is 1. The van der Waals surface area contributed by atoms with Crippen molar-refractivity contribution in [3.63, 3.8) is 0 Å². The molecule has 1 unspecified atom stereocenters. The molecule has 2 heterocycles. The molecule has 2 N–H and O–H groups in total. The average molecular weight is 351 g/mol. The van der Waals surface area contributed by atoms with E-state index in [9.17, 15) is 9.90 Å². The van der Waals surface area contributed by atoms with Crippen LogP contribution >= 0.6 is 11.6 Å². The number of hydrogen-bond donors (Lipinski definition) is 2. The Bertz CT molecular complexity index is 752. The largest absolute Gasteiger partial charge is 0.395 e. The van der Waals surface area contributed by atoms with Crippen molar-refractivity contribution in [2.75, 3.05) is 32.8 Å². The van der Waals surface area contributed by atoms with Crippen LogP contribution in [0.15, 0.2) is 23.0 Å². The fourth-order valence-corrected chi connectivity index (χ4v) is 3.41. The molecule has 0 aliphatic carbocycles. The number of H-pyrrole nitrogens is 1. The zero-order chi connectivity index (χ0) is 17.1. The summed E-state index contributed by atoms with van der Waals surface area (Å²) in [7, 11) is 0. The smallest absolute Gasteiger partial charge is 0.258 e. The molecule has 24 heavy (non-hydrogen) atoms. The molecule has 7 heteroatoms. The third-order valence-electron chi connectivity index (χ3n) is 4.70. The first-order valence-electron chi connectivity index (χ1n) is 8.36. The molecule has 1 aliphatic heterocycles. The molecule has 0 radical (unpaired) electrons. The quantitative estimate of drug-likeness (QED) is 0.854. The Balaban J connectivity index is 1.68. The number of aliphatic hydroxyl groups excluding tert-OH is 1. The monoisotopic (exact) mass is 350 g/mol. The lowest BCUT2D eigenvalue weighted by Crippen LogP contribution is -2.51. The molecule has 1 saturated heterocycles. The number of rotatable bonds is 5. The minimum Gasteiger partial charge on any atom is -0.395 e. The standard InChI is InChI=1S/C17H23ClN4O2/c1-2-13(11-23)22-7-5-21(6-8-22)10-16-19-15-4-3-12(18)9-14(15)17(24)20-16/h3-4,9,13,23H,2,5-8,10-11H2,1H3,(H,19,20,24). The summed E-state index contributed by atoms with van der Waals surface area (Å²) in [6.07, 6.45) is 0.957. The van der Waals surface area contributed by atoms with Gasteiger partial charge in [0.15, 0.2) is 0 Å². The van der Waals surface area contributed by atoms with Gasteiger partial charge < -0.3 is 10.1 Å². The van der Waals surface area contributed by atoms with Crippen LogP contribution in [0.4, 0.5) is 0 Å². The van der Waals surface area contributed by atoms with Crippen molar-refractivity contribution >= 4 is 22.5 Å². The van der Waals surface area contributed by atoms with Crippen LogP contribution in [0.2, 0.25) is 5.02 Å². The van der Waals surface area contributed by atoms with E-state index in [1.807, 2.05) is 0 Å².